The van der Waals surface area contributed by atoms with Gasteiger partial charge in [-0.05, 0) is 18.6 Å². The van der Waals surface area contributed by atoms with E-state index in [0.717, 1.165) is 24.3 Å². The minimum absolute atomic E-state index is 0.786. The van der Waals surface area contributed by atoms with Gasteiger partial charge in [0.2, 0.25) is 0 Å². The van der Waals surface area contributed by atoms with Crippen molar-refractivity contribution < 1.29 is 4.74 Å². The van der Waals surface area contributed by atoms with E-state index in [1.165, 1.54) is 25.7 Å². The van der Waals surface area contributed by atoms with Crippen molar-refractivity contribution in [3.05, 3.63) is 29.8 Å². The lowest BCUT2D eigenvalue weighted by Crippen LogP contribution is -2.01. The van der Waals surface area contributed by atoms with Crippen molar-refractivity contribution in [1.29, 1.82) is 0 Å². The maximum absolute atomic E-state index is 5.80. The van der Waals surface area contributed by atoms with E-state index in [1.807, 2.05) is 24.3 Å². The van der Waals surface area contributed by atoms with Crippen LogP contribution in [0.2, 0.25) is 0 Å². The third-order valence-electron chi connectivity index (χ3n) is 2.76. The third-order valence-corrected chi connectivity index (χ3v) is 2.76. The molecule has 0 radical (unpaired) electrons. The molecule has 0 heterocycles. The summed E-state index contributed by atoms with van der Waals surface area (Å²) in [6.45, 7) is 3.02. The van der Waals surface area contributed by atoms with Crippen LogP contribution in [0.5, 0.6) is 5.75 Å². The number of para-hydroxylation sites is 1. The second-order valence-electron chi connectivity index (χ2n) is 4.28. The predicted molar refractivity (Wildman–Crippen MR) is 77.3 cm³/mol. The molecule has 0 unspecified atom stereocenters. The first-order valence-corrected chi connectivity index (χ1v) is 6.80. The van der Waals surface area contributed by atoms with Crippen molar-refractivity contribution in [2.24, 2.45) is 5.10 Å². The summed E-state index contributed by atoms with van der Waals surface area (Å²) in [7, 11) is 1.79. The van der Waals surface area contributed by atoms with Crippen LogP contribution in [-0.2, 0) is 0 Å². The van der Waals surface area contributed by atoms with Crippen LogP contribution in [-0.4, -0.2) is 19.9 Å². The lowest BCUT2D eigenvalue weighted by atomic mass is 10.2. The van der Waals surface area contributed by atoms with E-state index in [1.54, 1.807) is 13.3 Å². The fourth-order valence-corrected chi connectivity index (χ4v) is 1.74. The molecular formula is C15H24N2O. The fourth-order valence-electron chi connectivity index (χ4n) is 1.74. The van der Waals surface area contributed by atoms with Crippen LogP contribution < -0.4 is 10.2 Å². The Morgan fingerprint density at radius 3 is 2.72 bits per heavy atom. The molecule has 0 saturated heterocycles. The van der Waals surface area contributed by atoms with Crippen molar-refractivity contribution in [2.45, 2.75) is 39.0 Å². The molecule has 0 aliphatic heterocycles. The molecule has 0 aromatic heterocycles. The Labute approximate surface area is 110 Å². The molecule has 0 amide bonds. The van der Waals surface area contributed by atoms with E-state index in [4.69, 9.17) is 4.74 Å². The summed E-state index contributed by atoms with van der Waals surface area (Å²) in [5, 5.41) is 4.02. The monoisotopic (exact) mass is 248 g/mol. The van der Waals surface area contributed by atoms with Gasteiger partial charge < -0.3 is 10.2 Å². The Kier molecular flexibility index (Phi) is 7.69. The summed E-state index contributed by atoms with van der Waals surface area (Å²) in [6, 6.07) is 7.98. The summed E-state index contributed by atoms with van der Waals surface area (Å²) < 4.78 is 5.80. The third kappa shape index (κ3) is 5.71. The minimum atomic E-state index is 0.786. The summed E-state index contributed by atoms with van der Waals surface area (Å²) >= 11 is 0. The largest absolute Gasteiger partial charge is 0.493 e. The van der Waals surface area contributed by atoms with Gasteiger partial charge in [0.15, 0.2) is 0 Å². The Morgan fingerprint density at radius 1 is 1.17 bits per heavy atom. The summed E-state index contributed by atoms with van der Waals surface area (Å²) in [5.74, 6) is 0.909. The smallest absolute Gasteiger partial charge is 0.128 e. The molecule has 0 atom stereocenters. The van der Waals surface area contributed by atoms with Gasteiger partial charge in [0, 0.05) is 12.6 Å². The molecule has 1 rings (SSSR count). The van der Waals surface area contributed by atoms with E-state index in [-0.39, 0.29) is 0 Å². The highest BCUT2D eigenvalue weighted by molar-refractivity contribution is 5.83. The first-order chi connectivity index (χ1) is 8.88. The van der Waals surface area contributed by atoms with Gasteiger partial charge in [-0.2, -0.15) is 5.10 Å². The van der Waals surface area contributed by atoms with Crippen LogP contribution in [0.1, 0.15) is 44.6 Å². The number of ether oxygens (including phenoxy) is 1. The molecule has 0 saturated carbocycles. The molecule has 0 aliphatic carbocycles. The van der Waals surface area contributed by atoms with Crippen LogP contribution in [0, 0.1) is 0 Å². The molecule has 18 heavy (non-hydrogen) atoms. The number of unbranched alkanes of at least 4 members (excludes halogenated alkanes) is 4. The molecule has 0 fully saturated rings. The molecule has 0 aliphatic rings. The minimum Gasteiger partial charge on any atom is -0.493 e. The zero-order chi connectivity index (χ0) is 13.1. The van der Waals surface area contributed by atoms with E-state index in [2.05, 4.69) is 17.5 Å². The number of benzene rings is 1. The quantitative estimate of drug-likeness (QED) is 0.411. The number of rotatable bonds is 9. The van der Waals surface area contributed by atoms with E-state index in [0.29, 0.717) is 0 Å². The number of nitrogens with zero attached hydrogens (tertiary/aromatic N) is 1. The number of hydrazone groups is 1. The first-order valence-electron chi connectivity index (χ1n) is 6.80. The normalized spacial score (nSPS) is 10.8. The van der Waals surface area contributed by atoms with Crippen LogP contribution in [0.3, 0.4) is 0 Å². The zero-order valence-electron chi connectivity index (χ0n) is 11.5. The molecule has 0 spiro atoms. The number of hydrogen-bond donors (Lipinski definition) is 1. The van der Waals surface area contributed by atoms with Crippen LogP contribution in [0.4, 0.5) is 0 Å². The molecule has 100 valence electrons. The summed E-state index contributed by atoms with van der Waals surface area (Å²) in [4.78, 5) is 0. The second kappa shape index (κ2) is 9.51. The highest BCUT2D eigenvalue weighted by Crippen LogP contribution is 2.16. The Bertz CT molecular complexity index is 350. The van der Waals surface area contributed by atoms with Crippen molar-refractivity contribution in [1.82, 2.24) is 5.43 Å². The van der Waals surface area contributed by atoms with Gasteiger partial charge in [-0.15, -0.1) is 0 Å². The van der Waals surface area contributed by atoms with Gasteiger partial charge in [0.25, 0.3) is 0 Å². The van der Waals surface area contributed by atoms with Gasteiger partial charge in [0.1, 0.15) is 5.75 Å². The van der Waals surface area contributed by atoms with Crippen molar-refractivity contribution in [3.8, 4) is 5.75 Å². The van der Waals surface area contributed by atoms with Crippen LogP contribution >= 0.6 is 0 Å². The van der Waals surface area contributed by atoms with Crippen molar-refractivity contribution in [2.75, 3.05) is 13.7 Å². The average molecular weight is 248 g/mol. The summed E-state index contributed by atoms with van der Waals surface area (Å²) in [5.41, 5.74) is 3.76. The van der Waals surface area contributed by atoms with Crippen molar-refractivity contribution >= 4 is 6.21 Å². The Balaban J connectivity index is 2.34. The van der Waals surface area contributed by atoms with Gasteiger partial charge in [-0.25, -0.2) is 0 Å². The molecule has 3 heteroatoms. The zero-order valence-corrected chi connectivity index (χ0v) is 11.5. The molecule has 0 bridgehead atoms. The topological polar surface area (TPSA) is 33.6 Å². The predicted octanol–water partition coefficient (Wildman–Crippen LogP) is 3.59. The van der Waals surface area contributed by atoms with Gasteiger partial charge in [-0.3, -0.25) is 0 Å². The molecule has 1 N–H and O–H groups in total. The second-order valence-corrected chi connectivity index (χ2v) is 4.28. The molecule has 3 nitrogen and oxygen atoms in total. The SMILES string of the molecule is CCCCCCCOc1ccccc1/C=N/NC. The van der Waals surface area contributed by atoms with Crippen LogP contribution in [0.25, 0.3) is 0 Å². The maximum Gasteiger partial charge on any atom is 0.128 e. The summed E-state index contributed by atoms with van der Waals surface area (Å²) in [6.07, 6.45) is 8.07. The van der Waals surface area contributed by atoms with Gasteiger partial charge in [0.05, 0.1) is 12.8 Å². The number of hydrogen-bond acceptors (Lipinski definition) is 3. The first kappa shape index (κ1) is 14.6. The van der Waals surface area contributed by atoms with Gasteiger partial charge >= 0.3 is 0 Å². The molecule has 1 aromatic carbocycles. The highest BCUT2D eigenvalue weighted by atomic mass is 16.5. The average Bonchev–Trinajstić information content (AvgIpc) is 2.41. The molecule has 1 aromatic rings. The van der Waals surface area contributed by atoms with E-state index in [9.17, 15) is 0 Å². The Morgan fingerprint density at radius 2 is 1.94 bits per heavy atom. The van der Waals surface area contributed by atoms with Crippen molar-refractivity contribution in [3.63, 3.8) is 0 Å². The standard InChI is InChI=1S/C15H24N2O/c1-3-4-5-6-9-12-18-15-11-8-7-10-14(15)13-17-16-2/h7-8,10-11,13,16H,3-6,9,12H2,1-2H3/b17-13+. The lowest BCUT2D eigenvalue weighted by Gasteiger charge is -2.08. The maximum atomic E-state index is 5.80. The fraction of sp³-hybridized carbons (Fsp3) is 0.533. The Hall–Kier alpha value is -1.51. The van der Waals surface area contributed by atoms with E-state index < -0.39 is 0 Å². The van der Waals surface area contributed by atoms with E-state index >= 15 is 0 Å². The highest BCUT2D eigenvalue weighted by Gasteiger charge is 1.99. The number of nitrogens with one attached hydrogen (secondary N) is 1. The molecular weight excluding hydrogens is 224 g/mol. The lowest BCUT2D eigenvalue weighted by molar-refractivity contribution is 0.304. The van der Waals surface area contributed by atoms with Crippen LogP contribution in [0.15, 0.2) is 29.4 Å². The van der Waals surface area contributed by atoms with Gasteiger partial charge in [-0.1, -0.05) is 44.7 Å².